The summed E-state index contributed by atoms with van der Waals surface area (Å²) in [4.78, 5) is 0. The highest BCUT2D eigenvalue weighted by Crippen LogP contribution is 2.24. The van der Waals surface area contributed by atoms with Crippen LogP contribution in [0.3, 0.4) is 0 Å². The Balaban J connectivity index is 1.79. The second kappa shape index (κ2) is 8.09. The van der Waals surface area contributed by atoms with E-state index in [1.807, 2.05) is 50.2 Å². The van der Waals surface area contributed by atoms with Crippen molar-refractivity contribution >= 4 is 5.69 Å². The predicted octanol–water partition coefficient (Wildman–Crippen LogP) is 5.26. The summed E-state index contributed by atoms with van der Waals surface area (Å²) in [6.07, 6.45) is 0.180. The molecule has 3 heteroatoms. The van der Waals surface area contributed by atoms with E-state index in [4.69, 9.17) is 9.47 Å². The minimum absolute atomic E-state index is 0.170. The summed E-state index contributed by atoms with van der Waals surface area (Å²) < 4.78 is 11.5. The van der Waals surface area contributed by atoms with Crippen LogP contribution in [0, 0.1) is 0 Å². The molecule has 0 aliphatic heterocycles. The molecule has 0 saturated heterocycles. The Morgan fingerprint density at radius 3 is 2.29 bits per heavy atom. The lowest BCUT2D eigenvalue weighted by molar-refractivity contribution is 0.242. The van der Waals surface area contributed by atoms with Crippen molar-refractivity contribution in [1.29, 1.82) is 0 Å². The average molecular weight is 327 g/mol. The third-order valence-electron chi connectivity index (χ3n) is 3.63. The lowest BCUT2D eigenvalue weighted by Crippen LogP contribution is -2.13. The molecule has 2 aromatic rings. The molecule has 3 nitrogen and oxygen atoms in total. The molecule has 0 atom stereocenters. The highest BCUT2D eigenvalue weighted by molar-refractivity contribution is 5.48. The summed E-state index contributed by atoms with van der Waals surface area (Å²) in [5, 5.41) is 3.36. The summed E-state index contributed by atoms with van der Waals surface area (Å²) >= 11 is 0. The third kappa shape index (κ3) is 5.80. The van der Waals surface area contributed by atoms with Crippen LogP contribution < -0.4 is 14.8 Å². The van der Waals surface area contributed by atoms with Gasteiger partial charge in [-0.2, -0.15) is 0 Å². The van der Waals surface area contributed by atoms with Gasteiger partial charge in [0.1, 0.15) is 18.1 Å². The first-order valence-electron chi connectivity index (χ1n) is 8.58. The van der Waals surface area contributed by atoms with Gasteiger partial charge in [-0.05, 0) is 49.1 Å². The van der Waals surface area contributed by atoms with Gasteiger partial charge in [0, 0.05) is 18.3 Å². The van der Waals surface area contributed by atoms with E-state index in [1.54, 1.807) is 0 Å². The van der Waals surface area contributed by atoms with Crippen molar-refractivity contribution in [2.24, 2.45) is 0 Å². The molecule has 0 spiro atoms. The van der Waals surface area contributed by atoms with Crippen LogP contribution in [0.4, 0.5) is 5.69 Å². The second-order valence-electron chi connectivity index (χ2n) is 7.24. The van der Waals surface area contributed by atoms with Crippen molar-refractivity contribution in [2.45, 2.75) is 46.1 Å². The Kier molecular flexibility index (Phi) is 6.13. The van der Waals surface area contributed by atoms with Gasteiger partial charge in [0.05, 0.1) is 6.10 Å². The van der Waals surface area contributed by atoms with E-state index in [0.29, 0.717) is 6.61 Å². The van der Waals surface area contributed by atoms with E-state index in [0.717, 1.165) is 23.7 Å². The number of hydrogen-bond donors (Lipinski definition) is 1. The lowest BCUT2D eigenvalue weighted by Gasteiger charge is -2.19. The molecule has 0 radical (unpaired) electrons. The van der Waals surface area contributed by atoms with Crippen molar-refractivity contribution in [3.8, 4) is 11.5 Å². The molecule has 0 fully saturated rings. The molecule has 130 valence electrons. The summed E-state index contributed by atoms with van der Waals surface area (Å²) in [6, 6.07) is 16.4. The maximum Gasteiger partial charge on any atom is 0.121 e. The van der Waals surface area contributed by atoms with Gasteiger partial charge in [0.2, 0.25) is 0 Å². The molecule has 0 amide bonds. The van der Waals surface area contributed by atoms with Gasteiger partial charge < -0.3 is 14.8 Å². The molecule has 0 saturated carbocycles. The first kappa shape index (κ1) is 18.2. The van der Waals surface area contributed by atoms with Crippen LogP contribution >= 0.6 is 0 Å². The van der Waals surface area contributed by atoms with Gasteiger partial charge in [-0.15, -0.1) is 0 Å². The maximum absolute atomic E-state index is 5.80. The van der Waals surface area contributed by atoms with Crippen LogP contribution in [-0.4, -0.2) is 19.3 Å². The zero-order valence-electron chi connectivity index (χ0n) is 15.4. The number of anilines is 1. The number of ether oxygens (including phenoxy) is 2. The Morgan fingerprint density at radius 1 is 0.958 bits per heavy atom. The number of benzene rings is 2. The van der Waals surface area contributed by atoms with Gasteiger partial charge in [0.15, 0.2) is 0 Å². The van der Waals surface area contributed by atoms with Crippen LogP contribution in [-0.2, 0) is 5.41 Å². The Bertz CT molecular complexity index is 627. The molecule has 0 unspecified atom stereocenters. The van der Waals surface area contributed by atoms with E-state index < -0.39 is 0 Å². The van der Waals surface area contributed by atoms with Crippen molar-refractivity contribution in [2.75, 3.05) is 18.5 Å². The minimum atomic E-state index is 0.170. The fourth-order valence-corrected chi connectivity index (χ4v) is 2.37. The molecule has 2 aromatic carbocycles. The fourth-order valence-electron chi connectivity index (χ4n) is 2.37. The van der Waals surface area contributed by atoms with Gasteiger partial charge in [0.25, 0.3) is 0 Å². The summed E-state index contributed by atoms with van der Waals surface area (Å²) in [5.74, 6) is 1.79. The number of rotatable bonds is 7. The van der Waals surface area contributed by atoms with Crippen molar-refractivity contribution in [3.63, 3.8) is 0 Å². The van der Waals surface area contributed by atoms with Crippen LogP contribution in [0.25, 0.3) is 0 Å². The fraction of sp³-hybridized carbons (Fsp3) is 0.429. The topological polar surface area (TPSA) is 30.5 Å². The zero-order chi connectivity index (χ0) is 17.6. The first-order valence-corrected chi connectivity index (χ1v) is 8.58. The predicted molar refractivity (Wildman–Crippen MR) is 101 cm³/mol. The molecule has 24 heavy (non-hydrogen) atoms. The molecule has 0 aliphatic rings. The highest BCUT2D eigenvalue weighted by atomic mass is 16.5. The minimum Gasteiger partial charge on any atom is -0.492 e. The highest BCUT2D eigenvalue weighted by Gasteiger charge is 2.12. The van der Waals surface area contributed by atoms with Crippen molar-refractivity contribution < 1.29 is 9.47 Å². The van der Waals surface area contributed by atoms with Gasteiger partial charge in [-0.1, -0.05) is 39.0 Å². The molecule has 1 N–H and O–H groups in total. The van der Waals surface area contributed by atoms with Gasteiger partial charge in [-0.25, -0.2) is 0 Å². The van der Waals surface area contributed by atoms with E-state index in [1.165, 1.54) is 5.56 Å². The van der Waals surface area contributed by atoms with Gasteiger partial charge in [-0.3, -0.25) is 0 Å². The molecule has 0 aromatic heterocycles. The maximum atomic E-state index is 5.80. The Morgan fingerprint density at radius 2 is 1.67 bits per heavy atom. The molecule has 0 aliphatic carbocycles. The van der Waals surface area contributed by atoms with Crippen LogP contribution in [0.15, 0.2) is 48.5 Å². The van der Waals surface area contributed by atoms with Crippen molar-refractivity contribution in [3.05, 3.63) is 54.1 Å². The number of nitrogens with one attached hydrogen (secondary N) is 1. The molecule has 0 heterocycles. The van der Waals surface area contributed by atoms with Crippen LogP contribution in [0.2, 0.25) is 0 Å². The second-order valence-corrected chi connectivity index (χ2v) is 7.24. The van der Waals surface area contributed by atoms with E-state index >= 15 is 0 Å². The Hall–Kier alpha value is -2.16. The standard InChI is InChI=1S/C21H29NO2/c1-16(2)24-20-8-6-7-18(15-20)22-13-14-23-19-11-9-17(10-12-19)21(3,4)5/h6-12,15-16,22H,13-14H2,1-5H3. The van der Waals surface area contributed by atoms with Crippen LogP contribution in [0.1, 0.15) is 40.2 Å². The zero-order valence-corrected chi connectivity index (χ0v) is 15.4. The molecule has 0 bridgehead atoms. The first-order chi connectivity index (χ1) is 11.3. The monoisotopic (exact) mass is 327 g/mol. The average Bonchev–Trinajstić information content (AvgIpc) is 2.51. The largest absolute Gasteiger partial charge is 0.492 e. The summed E-state index contributed by atoms with van der Waals surface area (Å²) in [7, 11) is 0. The Labute approximate surface area is 146 Å². The SMILES string of the molecule is CC(C)Oc1cccc(NCCOc2ccc(C(C)(C)C)cc2)c1. The number of hydrogen-bond acceptors (Lipinski definition) is 3. The van der Waals surface area contributed by atoms with Crippen molar-refractivity contribution in [1.82, 2.24) is 0 Å². The smallest absolute Gasteiger partial charge is 0.121 e. The van der Waals surface area contributed by atoms with Crippen LogP contribution in [0.5, 0.6) is 11.5 Å². The van der Waals surface area contributed by atoms with E-state index in [9.17, 15) is 0 Å². The molecule has 2 rings (SSSR count). The quantitative estimate of drug-likeness (QED) is 0.703. The summed E-state index contributed by atoms with van der Waals surface area (Å²) in [6.45, 7) is 12.0. The normalized spacial score (nSPS) is 11.4. The molecular weight excluding hydrogens is 298 g/mol. The molecular formula is C21H29NO2. The van der Waals surface area contributed by atoms with E-state index in [-0.39, 0.29) is 11.5 Å². The van der Waals surface area contributed by atoms with Gasteiger partial charge >= 0.3 is 0 Å². The third-order valence-corrected chi connectivity index (χ3v) is 3.63. The lowest BCUT2D eigenvalue weighted by atomic mass is 9.87. The van der Waals surface area contributed by atoms with E-state index in [2.05, 4.69) is 38.2 Å². The summed E-state index contributed by atoms with van der Waals surface area (Å²) in [5.41, 5.74) is 2.53.